The van der Waals surface area contributed by atoms with Crippen LogP contribution in [0.5, 0.6) is 0 Å². The number of amides is 1. The van der Waals surface area contributed by atoms with Gasteiger partial charge in [0.15, 0.2) is 0 Å². The fraction of sp³-hybridized carbons (Fsp3) is 0.467. The first-order valence-electron chi connectivity index (χ1n) is 6.65. The van der Waals surface area contributed by atoms with Crippen LogP contribution < -0.4 is 5.32 Å². The number of rotatable bonds is 6. The maximum Gasteiger partial charge on any atom is 0.307 e. The number of carbonyl (C=O) groups is 2. The van der Waals surface area contributed by atoms with Gasteiger partial charge >= 0.3 is 5.97 Å². The fourth-order valence-electron chi connectivity index (χ4n) is 2.21. The molecule has 1 aromatic rings. The molecule has 2 N–H and O–H groups in total. The molecule has 1 saturated carbocycles. The lowest BCUT2D eigenvalue weighted by molar-refractivity contribution is -0.140. The van der Waals surface area contributed by atoms with Gasteiger partial charge in [0.25, 0.3) is 0 Å². The summed E-state index contributed by atoms with van der Waals surface area (Å²) in [5.74, 6) is -1.77. The highest BCUT2D eigenvalue weighted by Gasteiger charge is 2.48. The predicted molar refractivity (Wildman–Crippen MR) is 71.6 cm³/mol. The predicted octanol–water partition coefficient (Wildman–Crippen LogP) is 1.84. The van der Waals surface area contributed by atoms with Crippen molar-refractivity contribution in [1.82, 2.24) is 5.32 Å². The van der Waals surface area contributed by atoms with Crippen LogP contribution in [0.3, 0.4) is 0 Å². The molecule has 0 heterocycles. The van der Waals surface area contributed by atoms with E-state index in [0.29, 0.717) is 6.42 Å². The summed E-state index contributed by atoms with van der Waals surface area (Å²) in [6.07, 6.45) is 2.25. The SMILES string of the molecule is C[C@H](CCc1ccccc1)NC(=O)[C@H]1C[C@H]1C(=O)O. The zero-order valence-corrected chi connectivity index (χ0v) is 11.0. The number of hydrogen-bond acceptors (Lipinski definition) is 2. The molecule has 3 atom stereocenters. The fourth-order valence-corrected chi connectivity index (χ4v) is 2.21. The first-order valence-corrected chi connectivity index (χ1v) is 6.65. The molecule has 0 radical (unpaired) electrons. The second kappa shape index (κ2) is 5.87. The minimum atomic E-state index is -0.864. The number of carboxylic acids is 1. The van der Waals surface area contributed by atoms with Gasteiger partial charge < -0.3 is 10.4 Å². The zero-order valence-electron chi connectivity index (χ0n) is 11.0. The van der Waals surface area contributed by atoms with E-state index in [-0.39, 0.29) is 17.9 Å². The van der Waals surface area contributed by atoms with Gasteiger partial charge in [0, 0.05) is 6.04 Å². The molecule has 102 valence electrons. The van der Waals surface area contributed by atoms with Crippen molar-refractivity contribution >= 4 is 11.9 Å². The number of aryl methyl sites for hydroxylation is 1. The van der Waals surface area contributed by atoms with E-state index in [2.05, 4.69) is 17.4 Å². The summed E-state index contributed by atoms with van der Waals surface area (Å²) < 4.78 is 0. The van der Waals surface area contributed by atoms with Crippen molar-refractivity contribution in [2.24, 2.45) is 11.8 Å². The van der Waals surface area contributed by atoms with Gasteiger partial charge in [0.1, 0.15) is 0 Å². The van der Waals surface area contributed by atoms with Crippen molar-refractivity contribution in [3.63, 3.8) is 0 Å². The Balaban J connectivity index is 1.72. The number of hydrogen-bond donors (Lipinski definition) is 2. The quantitative estimate of drug-likeness (QED) is 0.821. The second-order valence-corrected chi connectivity index (χ2v) is 5.22. The molecule has 0 aromatic heterocycles. The Kier molecular flexibility index (Phi) is 4.20. The van der Waals surface area contributed by atoms with Crippen LogP contribution in [0.1, 0.15) is 25.3 Å². The zero-order chi connectivity index (χ0) is 13.8. The largest absolute Gasteiger partial charge is 0.481 e. The van der Waals surface area contributed by atoms with E-state index in [0.717, 1.165) is 12.8 Å². The van der Waals surface area contributed by atoms with E-state index >= 15 is 0 Å². The maximum atomic E-state index is 11.8. The average molecular weight is 261 g/mol. The molecule has 4 nitrogen and oxygen atoms in total. The van der Waals surface area contributed by atoms with Crippen LogP contribution in [-0.2, 0) is 16.0 Å². The number of carbonyl (C=O) groups excluding carboxylic acids is 1. The number of aliphatic carboxylic acids is 1. The van der Waals surface area contributed by atoms with Crippen LogP contribution in [0, 0.1) is 11.8 Å². The summed E-state index contributed by atoms with van der Waals surface area (Å²) in [4.78, 5) is 22.5. The molecule has 0 aliphatic heterocycles. The van der Waals surface area contributed by atoms with Crippen molar-refractivity contribution < 1.29 is 14.7 Å². The van der Waals surface area contributed by atoms with Crippen molar-refractivity contribution in [2.45, 2.75) is 32.2 Å². The van der Waals surface area contributed by atoms with Crippen molar-refractivity contribution in [2.75, 3.05) is 0 Å². The normalized spacial score (nSPS) is 22.6. The molecule has 19 heavy (non-hydrogen) atoms. The molecular formula is C15H19NO3. The summed E-state index contributed by atoms with van der Waals surface area (Å²) in [5, 5.41) is 11.7. The highest BCUT2D eigenvalue weighted by molar-refractivity contribution is 5.89. The molecule has 0 spiro atoms. The van der Waals surface area contributed by atoms with Gasteiger partial charge in [0.05, 0.1) is 11.8 Å². The lowest BCUT2D eigenvalue weighted by Crippen LogP contribution is -2.34. The van der Waals surface area contributed by atoms with Gasteiger partial charge in [-0.2, -0.15) is 0 Å². The van der Waals surface area contributed by atoms with Crippen LogP contribution in [0.2, 0.25) is 0 Å². The Bertz CT molecular complexity index is 458. The summed E-state index contributed by atoms with van der Waals surface area (Å²) in [7, 11) is 0. The topological polar surface area (TPSA) is 66.4 Å². The third kappa shape index (κ3) is 3.81. The van der Waals surface area contributed by atoms with Crippen LogP contribution in [0.25, 0.3) is 0 Å². The summed E-state index contributed by atoms with van der Waals surface area (Å²) >= 11 is 0. The molecule has 4 heteroatoms. The molecule has 0 bridgehead atoms. The average Bonchev–Trinajstić information content (AvgIpc) is 3.18. The maximum absolute atomic E-state index is 11.8. The summed E-state index contributed by atoms with van der Waals surface area (Å²) in [6, 6.07) is 10.2. The standard InChI is InChI=1S/C15H19NO3/c1-10(7-8-11-5-3-2-4-6-11)16-14(17)12-9-13(12)15(18)19/h2-6,10,12-13H,7-9H2,1H3,(H,16,17)(H,18,19)/t10-,12+,13-/m1/s1. The van der Waals surface area contributed by atoms with Crippen LogP contribution >= 0.6 is 0 Å². The van der Waals surface area contributed by atoms with E-state index in [1.54, 1.807) is 0 Å². The van der Waals surface area contributed by atoms with E-state index in [1.165, 1.54) is 5.56 Å². The Labute approximate surface area is 112 Å². The molecule has 1 aromatic carbocycles. The van der Waals surface area contributed by atoms with Crippen molar-refractivity contribution in [3.8, 4) is 0 Å². The Hall–Kier alpha value is -1.84. The van der Waals surface area contributed by atoms with E-state index < -0.39 is 11.9 Å². The first kappa shape index (κ1) is 13.6. The minimum Gasteiger partial charge on any atom is -0.481 e. The van der Waals surface area contributed by atoms with Crippen LogP contribution in [0.4, 0.5) is 0 Å². The summed E-state index contributed by atoms with van der Waals surface area (Å²) in [6.45, 7) is 1.96. The van der Waals surface area contributed by atoms with Gasteiger partial charge in [-0.05, 0) is 31.7 Å². The second-order valence-electron chi connectivity index (χ2n) is 5.22. The Morgan fingerprint density at radius 3 is 2.58 bits per heavy atom. The number of nitrogens with one attached hydrogen (secondary N) is 1. The molecule has 1 aliphatic carbocycles. The van der Waals surface area contributed by atoms with Gasteiger partial charge in [-0.3, -0.25) is 9.59 Å². The third-order valence-corrected chi connectivity index (χ3v) is 3.54. The van der Waals surface area contributed by atoms with Gasteiger partial charge in [-0.1, -0.05) is 30.3 Å². The van der Waals surface area contributed by atoms with Gasteiger partial charge in [-0.25, -0.2) is 0 Å². The Morgan fingerprint density at radius 2 is 2.00 bits per heavy atom. The molecule has 1 amide bonds. The number of benzene rings is 1. The lowest BCUT2D eigenvalue weighted by atomic mass is 10.1. The Morgan fingerprint density at radius 1 is 1.32 bits per heavy atom. The lowest BCUT2D eigenvalue weighted by Gasteiger charge is -2.13. The van der Waals surface area contributed by atoms with E-state index in [9.17, 15) is 9.59 Å². The summed E-state index contributed by atoms with van der Waals surface area (Å²) in [5.41, 5.74) is 1.25. The van der Waals surface area contributed by atoms with E-state index in [4.69, 9.17) is 5.11 Å². The highest BCUT2D eigenvalue weighted by Crippen LogP contribution is 2.38. The first-order chi connectivity index (χ1) is 9.08. The molecule has 0 saturated heterocycles. The van der Waals surface area contributed by atoms with Gasteiger partial charge in [0.2, 0.25) is 5.91 Å². The van der Waals surface area contributed by atoms with Crippen LogP contribution in [-0.4, -0.2) is 23.0 Å². The van der Waals surface area contributed by atoms with Crippen LogP contribution in [0.15, 0.2) is 30.3 Å². The van der Waals surface area contributed by atoms with E-state index in [1.807, 2.05) is 25.1 Å². The minimum absolute atomic E-state index is 0.0720. The molecule has 0 unspecified atom stereocenters. The smallest absolute Gasteiger partial charge is 0.307 e. The van der Waals surface area contributed by atoms with Crippen molar-refractivity contribution in [1.29, 1.82) is 0 Å². The monoisotopic (exact) mass is 261 g/mol. The van der Waals surface area contributed by atoms with Gasteiger partial charge in [-0.15, -0.1) is 0 Å². The molecule has 1 aliphatic rings. The van der Waals surface area contributed by atoms with Crippen molar-refractivity contribution in [3.05, 3.63) is 35.9 Å². The molecular weight excluding hydrogens is 242 g/mol. The third-order valence-electron chi connectivity index (χ3n) is 3.54. The molecule has 2 rings (SSSR count). The number of carboxylic acid groups (broad SMARTS) is 1. The highest BCUT2D eigenvalue weighted by atomic mass is 16.4. The molecule has 1 fully saturated rings.